The van der Waals surface area contributed by atoms with Crippen molar-refractivity contribution in [2.45, 2.75) is 181 Å². The van der Waals surface area contributed by atoms with Crippen molar-refractivity contribution in [2.75, 3.05) is 0 Å². The van der Waals surface area contributed by atoms with Gasteiger partial charge >= 0.3 is 5.97 Å². The fourth-order valence-corrected chi connectivity index (χ4v) is 6.51. The molecule has 0 spiro atoms. The van der Waals surface area contributed by atoms with E-state index in [9.17, 15) is 9.90 Å². The Morgan fingerprint density at radius 2 is 1.00 bits per heavy atom. The van der Waals surface area contributed by atoms with E-state index in [1.807, 2.05) is 0 Å². The molecule has 0 bridgehead atoms. The van der Waals surface area contributed by atoms with Crippen LogP contribution in [0.2, 0.25) is 0 Å². The lowest BCUT2D eigenvalue weighted by Gasteiger charge is -2.48. The summed E-state index contributed by atoms with van der Waals surface area (Å²) in [6, 6.07) is 0. The van der Waals surface area contributed by atoms with Crippen molar-refractivity contribution in [3.63, 3.8) is 0 Å². The second kappa shape index (κ2) is 17.8. The lowest BCUT2D eigenvalue weighted by Crippen LogP contribution is -2.59. The second-order valence-corrected chi connectivity index (χ2v) is 12.8. The van der Waals surface area contributed by atoms with Crippen LogP contribution in [0.4, 0.5) is 0 Å². The molecular formula is C31H61NO2. The summed E-state index contributed by atoms with van der Waals surface area (Å²) in [4.78, 5) is 12.0. The standard InChI is InChI=1S/C31H61NO2/c1-6-7-8-9-10-11-12-13-14-15-16-17-18-19-20-21-22-23-24-28(29(33)34)27-25-30(2,3)32-31(4,5)26-27/h27-28,32H,6-26H2,1-5H3,(H,33,34). The van der Waals surface area contributed by atoms with Gasteiger partial charge in [-0.05, 0) is 52.9 Å². The molecular weight excluding hydrogens is 418 g/mol. The number of piperidine rings is 1. The van der Waals surface area contributed by atoms with Crippen LogP contribution in [0.5, 0.6) is 0 Å². The fourth-order valence-electron chi connectivity index (χ4n) is 6.51. The van der Waals surface area contributed by atoms with Gasteiger partial charge in [-0.25, -0.2) is 0 Å². The van der Waals surface area contributed by atoms with Crippen molar-refractivity contribution in [3.8, 4) is 0 Å². The SMILES string of the molecule is CCCCCCCCCCCCCCCCCCCCC(C(=O)O)C1CC(C)(C)NC(C)(C)C1. The van der Waals surface area contributed by atoms with Crippen LogP contribution < -0.4 is 5.32 Å². The van der Waals surface area contributed by atoms with Crippen LogP contribution in [-0.4, -0.2) is 22.2 Å². The average Bonchev–Trinajstić information content (AvgIpc) is 2.73. The fraction of sp³-hybridized carbons (Fsp3) is 0.968. The highest BCUT2D eigenvalue weighted by molar-refractivity contribution is 5.70. The monoisotopic (exact) mass is 479 g/mol. The van der Waals surface area contributed by atoms with E-state index in [1.165, 1.54) is 109 Å². The third kappa shape index (κ3) is 15.4. The minimum atomic E-state index is -0.578. The highest BCUT2D eigenvalue weighted by Gasteiger charge is 2.42. The molecule has 1 atom stereocenters. The number of nitrogens with one attached hydrogen (secondary N) is 1. The molecule has 2 N–H and O–H groups in total. The van der Waals surface area contributed by atoms with Crippen LogP contribution in [-0.2, 0) is 4.79 Å². The number of hydrogen-bond acceptors (Lipinski definition) is 2. The van der Waals surface area contributed by atoms with E-state index in [0.717, 1.165) is 25.7 Å². The molecule has 0 amide bonds. The number of carboxylic acids is 1. The minimum Gasteiger partial charge on any atom is -0.481 e. The maximum Gasteiger partial charge on any atom is 0.306 e. The Kier molecular flexibility index (Phi) is 16.5. The Hall–Kier alpha value is -0.570. The average molecular weight is 480 g/mol. The first-order valence-corrected chi connectivity index (χ1v) is 15.2. The van der Waals surface area contributed by atoms with Crippen LogP contribution in [0.1, 0.15) is 169 Å². The van der Waals surface area contributed by atoms with Gasteiger partial charge in [-0.1, -0.05) is 122 Å². The number of unbranched alkanes of at least 4 members (excludes halogenated alkanes) is 17. The molecule has 0 aromatic heterocycles. The van der Waals surface area contributed by atoms with E-state index in [0.29, 0.717) is 0 Å². The number of aliphatic carboxylic acids is 1. The van der Waals surface area contributed by atoms with Crippen molar-refractivity contribution in [3.05, 3.63) is 0 Å². The van der Waals surface area contributed by atoms with Gasteiger partial charge in [-0.15, -0.1) is 0 Å². The molecule has 3 nitrogen and oxygen atoms in total. The first kappa shape index (κ1) is 31.5. The summed E-state index contributed by atoms with van der Waals surface area (Å²) in [5.74, 6) is -0.471. The normalized spacial score (nSPS) is 18.7. The number of carboxylic acid groups (broad SMARTS) is 1. The highest BCUT2D eigenvalue weighted by atomic mass is 16.4. The van der Waals surface area contributed by atoms with Gasteiger partial charge in [0.15, 0.2) is 0 Å². The van der Waals surface area contributed by atoms with Gasteiger partial charge in [0.25, 0.3) is 0 Å². The molecule has 1 fully saturated rings. The van der Waals surface area contributed by atoms with Crippen molar-refractivity contribution in [1.82, 2.24) is 5.32 Å². The van der Waals surface area contributed by atoms with E-state index >= 15 is 0 Å². The zero-order valence-electron chi connectivity index (χ0n) is 23.9. The number of hydrogen-bond donors (Lipinski definition) is 2. The van der Waals surface area contributed by atoms with E-state index in [1.54, 1.807) is 0 Å². The molecule has 1 heterocycles. The molecule has 34 heavy (non-hydrogen) atoms. The maximum atomic E-state index is 12.0. The summed E-state index contributed by atoms with van der Waals surface area (Å²) >= 11 is 0. The molecule has 0 aromatic carbocycles. The molecule has 0 aromatic rings. The Bertz CT molecular complexity index is 498. The Balaban J connectivity index is 1.98. The number of rotatable bonds is 21. The van der Waals surface area contributed by atoms with Gasteiger partial charge in [0.1, 0.15) is 0 Å². The van der Waals surface area contributed by atoms with E-state index in [2.05, 4.69) is 39.9 Å². The first-order chi connectivity index (χ1) is 16.2. The van der Waals surface area contributed by atoms with Gasteiger partial charge in [-0.3, -0.25) is 4.79 Å². The van der Waals surface area contributed by atoms with E-state index in [4.69, 9.17) is 0 Å². The molecule has 0 saturated carbocycles. The molecule has 0 aliphatic carbocycles. The van der Waals surface area contributed by atoms with Crippen LogP contribution in [0.3, 0.4) is 0 Å². The van der Waals surface area contributed by atoms with Gasteiger partial charge in [0.05, 0.1) is 5.92 Å². The zero-order valence-corrected chi connectivity index (χ0v) is 23.9. The van der Waals surface area contributed by atoms with Crippen molar-refractivity contribution in [2.24, 2.45) is 11.8 Å². The lowest BCUT2D eigenvalue weighted by atomic mass is 9.69. The minimum absolute atomic E-state index is 0.0218. The van der Waals surface area contributed by atoms with Gasteiger partial charge < -0.3 is 10.4 Å². The first-order valence-electron chi connectivity index (χ1n) is 15.2. The molecule has 1 aliphatic rings. The summed E-state index contributed by atoms with van der Waals surface area (Å²) in [6.45, 7) is 11.2. The predicted molar refractivity (Wildman–Crippen MR) is 149 cm³/mol. The Morgan fingerprint density at radius 1 is 0.676 bits per heavy atom. The third-order valence-corrected chi connectivity index (χ3v) is 7.98. The summed E-state index contributed by atoms with van der Waals surface area (Å²) in [7, 11) is 0. The van der Waals surface area contributed by atoms with Crippen molar-refractivity contribution >= 4 is 5.97 Å². The third-order valence-electron chi connectivity index (χ3n) is 7.98. The summed E-state index contributed by atoms with van der Waals surface area (Å²) in [5, 5.41) is 13.6. The van der Waals surface area contributed by atoms with E-state index < -0.39 is 5.97 Å². The zero-order chi connectivity index (χ0) is 25.3. The predicted octanol–water partition coefficient (Wildman–Crippen LogP) is 9.68. The van der Waals surface area contributed by atoms with Crippen LogP contribution in [0.15, 0.2) is 0 Å². The van der Waals surface area contributed by atoms with Crippen LogP contribution >= 0.6 is 0 Å². The molecule has 1 rings (SSSR count). The maximum absolute atomic E-state index is 12.0. The second-order valence-electron chi connectivity index (χ2n) is 12.8. The Morgan fingerprint density at radius 3 is 1.32 bits per heavy atom. The highest BCUT2D eigenvalue weighted by Crippen LogP contribution is 2.39. The van der Waals surface area contributed by atoms with Crippen LogP contribution in [0, 0.1) is 11.8 Å². The summed E-state index contributed by atoms with van der Waals surface area (Å²) in [6.07, 6.45) is 27.5. The smallest absolute Gasteiger partial charge is 0.306 e. The van der Waals surface area contributed by atoms with Gasteiger partial charge in [-0.2, -0.15) is 0 Å². The molecule has 0 radical (unpaired) electrons. The van der Waals surface area contributed by atoms with Gasteiger partial charge in [0, 0.05) is 11.1 Å². The largest absolute Gasteiger partial charge is 0.481 e. The van der Waals surface area contributed by atoms with Crippen molar-refractivity contribution in [1.29, 1.82) is 0 Å². The quantitative estimate of drug-likeness (QED) is 0.161. The molecule has 1 saturated heterocycles. The molecule has 1 unspecified atom stereocenters. The molecule has 3 heteroatoms. The lowest BCUT2D eigenvalue weighted by molar-refractivity contribution is -0.145. The van der Waals surface area contributed by atoms with Gasteiger partial charge in [0.2, 0.25) is 0 Å². The number of carbonyl (C=O) groups is 1. The van der Waals surface area contributed by atoms with Crippen molar-refractivity contribution < 1.29 is 9.90 Å². The van der Waals surface area contributed by atoms with E-state index in [-0.39, 0.29) is 22.9 Å². The topological polar surface area (TPSA) is 49.3 Å². The molecule has 202 valence electrons. The van der Waals surface area contributed by atoms with Crippen LogP contribution in [0.25, 0.3) is 0 Å². The summed E-state index contributed by atoms with van der Waals surface area (Å²) < 4.78 is 0. The Labute approximate surface area is 213 Å². The molecule has 1 aliphatic heterocycles. The summed E-state index contributed by atoms with van der Waals surface area (Å²) in [5.41, 5.74) is 0.0437.